The molecule has 1 aliphatic heterocycles. The van der Waals surface area contributed by atoms with Gasteiger partial charge in [-0.3, -0.25) is 9.78 Å². The highest BCUT2D eigenvalue weighted by Gasteiger charge is 2.25. The number of hydrogen-bond donors (Lipinski definition) is 2. The molecular weight excluding hydrogens is 290 g/mol. The predicted octanol–water partition coefficient (Wildman–Crippen LogP) is 1.82. The number of hydrogen-bond acceptors (Lipinski definition) is 5. The first-order chi connectivity index (χ1) is 11.1. The van der Waals surface area contributed by atoms with Crippen LogP contribution in [-0.2, 0) is 0 Å². The molecule has 1 saturated heterocycles. The number of anilines is 2. The van der Waals surface area contributed by atoms with Crippen molar-refractivity contribution in [2.45, 2.75) is 13.3 Å². The fraction of sp³-hybridized carbons (Fsp3) is 0.353. The van der Waals surface area contributed by atoms with E-state index >= 15 is 0 Å². The topological polar surface area (TPSA) is 84.1 Å². The fourth-order valence-electron chi connectivity index (χ4n) is 2.96. The van der Waals surface area contributed by atoms with Gasteiger partial charge in [-0.15, -0.1) is 0 Å². The number of nitrogens with two attached hydrogens (primary N) is 1. The molecule has 1 aliphatic rings. The number of nitrogens with one attached hydrogen (secondary N) is 1. The number of primary amides is 1. The summed E-state index contributed by atoms with van der Waals surface area (Å²) in [4.78, 5) is 22.2. The van der Waals surface area contributed by atoms with E-state index in [-0.39, 0.29) is 0 Å². The summed E-state index contributed by atoms with van der Waals surface area (Å²) in [5.41, 5.74) is 7.81. The number of pyridine rings is 2. The summed E-state index contributed by atoms with van der Waals surface area (Å²) in [5, 5.41) is 3.40. The Morgan fingerprint density at radius 1 is 1.43 bits per heavy atom. The van der Waals surface area contributed by atoms with Crippen LogP contribution in [0.5, 0.6) is 0 Å². The molecule has 0 unspecified atom stereocenters. The fourth-order valence-corrected chi connectivity index (χ4v) is 2.96. The van der Waals surface area contributed by atoms with Gasteiger partial charge in [-0.25, -0.2) is 4.98 Å². The van der Waals surface area contributed by atoms with E-state index in [0.29, 0.717) is 11.5 Å². The molecule has 2 aromatic rings. The van der Waals surface area contributed by atoms with E-state index in [0.717, 1.165) is 43.3 Å². The third-order valence-electron chi connectivity index (χ3n) is 4.15. The summed E-state index contributed by atoms with van der Waals surface area (Å²) in [6, 6.07) is 7.82. The molecule has 23 heavy (non-hydrogen) atoms. The van der Waals surface area contributed by atoms with Crippen molar-refractivity contribution in [2.24, 2.45) is 11.7 Å². The zero-order chi connectivity index (χ0) is 16.2. The Labute approximate surface area is 135 Å². The maximum Gasteiger partial charge on any atom is 0.252 e. The molecule has 0 aliphatic carbocycles. The van der Waals surface area contributed by atoms with Crippen molar-refractivity contribution in [3.8, 4) is 0 Å². The second kappa shape index (κ2) is 6.64. The number of aryl methyl sites for hydroxylation is 1. The quantitative estimate of drug-likeness (QED) is 0.880. The van der Waals surface area contributed by atoms with Crippen molar-refractivity contribution in [2.75, 3.05) is 29.9 Å². The molecule has 6 nitrogen and oxygen atoms in total. The summed E-state index contributed by atoms with van der Waals surface area (Å²) in [5.74, 6) is 0.982. The highest BCUT2D eigenvalue weighted by atomic mass is 16.1. The van der Waals surface area contributed by atoms with Crippen LogP contribution < -0.4 is 16.0 Å². The molecule has 1 atom stereocenters. The minimum absolute atomic E-state index is 0.432. The largest absolute Gasteiger partial charge is 0.370 e. The maximum atomic E-state index is 11.5. The van der Waals surface area contributed by atoms with Crippen molar-refractivity contribution < 1.29 is 4.79 Å². The van der Waals surface area contributed by atoms with Gasteiger partial charge < -0.3 is 16.0 Å². The summed E-state index contributed by atoms with van der Waals surface area (Å²) >= 11 is 0. The highest BCUT2D eigenvalue weighted by molar-refractivity contribution is 5.98. The van der Waals surface area contributed by atoms with Gasteiger partial charge in [0.2, 0.25) is 0 Å². The van der Waals surface area contributed by atoms with Gasteiger partial charge >= 0.3 is 0 Å². The first-order valence-electron chi connectivity index (χ1n) is 7.80. The van der Waals surface area contributed by atoms with Crippen LogP contribution in [0.15, 0.2) is 36.7 Å². The van der Waals surface area contributed by atoms with E-state index < -0.39 is 5.91 Å². The zero-order valence-electron chi connectivity index (χ0n) is 13.2. The molecule has 6 heteroatoms. The average Bonchev–Trinajstić information content (AvgIpc) is 3.02. The Morgan fingerprint density at radius 3 is 3.09 bits per heavy atom. The van der Waals surface area contributed by atoms with Gasteiger partial charge in [0.15, 0.2) is 0 Å². The second-order valence-electron chi connectivity index (χ2n) is 5.90. The van der Waals surface area contributed by atoms with Crippen molar-refractivity contribution in [3.05, 3.63) is 47.9 Å². The van der Waals surface area contributed by atoms with Crippen molar-refractivity contribution in [1.82, 2.24) is 9.97 Å². The average molecular weight is 311 g/mol. The summed E-state index contributed by atoms with van der Waals surface area (Å²) in [6.45, 7) is 4.65. The van der Waals surface area contributed by atoms with Crippen molar-refractivity contribution >= 4 is 17.4 Å². The SMILES string of the molecule is Cc1cccc(NC[C@H]2CCN(c3ccncc3C(N)=O)C2)n1. The van der Waals surface area contributed by atoms with Crippen LogP contribution in [0, 0.1) is 12.8 Å². The van der Waals surface area contributed by atoms with Gasteiger partial charge in [0, 0.05) is 37.7 Å². The van der Waals surface area contributed by atoms with Crippen LogP contribution in [0.4, 0.5) is 11.5 Å². The molecule has 0 saturated carbocycles. The number of nitrogens with zero attached hydrogens (tertiary/aromatic N) is 3. The molecule has 0 aromatic carbocycles. The molecule has 1 amide bonds. The van der Waals surface area contributed by atoms with E-state index in [1.807, 2.05) is 31.2 Å². The second-order valence-corrected chi connectivity index (χ2v) is 5.90. The van der Waals surface area contributed by atoms with Gasteiger partial charge in [0.25, 0.3) is 5.91 Å². The number of rotatable bonds is 5. The molecule has 1 fully saturated rings. The lowest BCUT2D eigenvalue weighted by Gasteiger charge is -2.21. The zero-order valence-corrected chi connectivity index (χ0v) is 13.2. The van der Waals surface area contributed by atoms with E-state index in [9.17, 15) is 4.79 Å². The monoisotopic (exact) mass is 311 g/mol. The van der Waals surface area contributed by atoms with E-state index in [1.165, 1.54) is 0 Å². The smallest absolute Gasteiger partial charge is 0.252 e. The standard InChI is InChI=1S/C17H21N5O/c1-12-3-2-4-16(21-12)20-9-13-6-8-22(11-13)15-5-7-19-10-14(15)17(18)23/h2-5,7,10,13H,6,8-9,11H2,1H3,(H2,18,23)(H,20,21)/t13-/m1/s1. The molecule has 2 aromatic heterocycles. The van der Waals surface area contributed by atoms with Gasteiger partial charge in [-0.05, 0) is 37.5 Å². The van der Waals surface area contributed by atoms with Gasteiger partial charge in [-0.1, -0.05) is 6.07 Å². The molecule has 3 N–H and O–H groups in total. The van der Waals surface area contributed by atoms with Gasteiger partial charge in [0.1, 0.15) is 5.82 Å². The Balaban J connectivity index is 1.62. The molecule has 0 spiro atoms. The summed E-state index contributed by atoms with van der Waals surface area (Å²) < 4.78 is 0. The minimum Gasteiger partial charge on any atom is -0.370 e. The van der Waals surface area contributed by atoms with Crippen LogP contribution in [0.2, 0.25) is 0 Å². The van der Waals surface area contributed by atoms with Crippen LogP contribution in [0.3, 0.4) is 0 Å². The molecule has 120 valence electrons. The molecule has 0 bridgehead atoms. The summed E-state index contributed by atoms with van der Waals surface area (Å²) in [7, 11) is 0. The Bertz CT molecular complexity index is 703. The third kappa shape index (κ3) is 3.59. The lowest BCUT2D eigenvalue weighted by Crippen LogP contribution is -2.25. The lowest BCUT2D eigenvalue weighted by molar-refractivity contribution is 0.100. The Kier molecular flexibility index (Phi) is 4.41. The number of carbonyl (C=O) groups excluding carboxylic acids is 1. The molecular formula is C17H21N5O. The highest BCUT2D eigenvalue weighted by Crippen LogP contribution is 2.26. The Hall–Kier alpha value is -2.63. The number of amides is 1. The molecule has 3 rings (SSSR count). The Morgan fingerprint density at radius 2 is 2.30 bits per heavy atom. The van der Waals surface area contributed by atoms with Gasteiger partial charge in [0.05, 0.1) is 11.3 Å². The molecule has 3 heterocycles. The number of carbonyl (C=O) groups is 1. The maximum absolute atomic E-state index is 11.5. The van der Waals surface area contributed by atoms with Crippen LogP contribution in [0.25, 0.3) is 0 Å². The van der Waals surface area contributed by atoms with Crippen molar-refractivity contribution in [1.29, 1.82) is 0 Å². The molecule has 0 radical (unpaired) electrons. The van der Waals surface area contributed by atoms with Crippen LogP contribution in [0.1, 0.15) is 22.5 Å². The van der Waals surface area contributed by atoms with E-state index in [2.05, 4.69) is 20.2 Å². The predicted molar refractivity (Wildman–Crippen MR) is 90.5 cm³/mol. The first kappa shape index (κ1) is 15.3. The van der Waals surface area contributed by atoms with E-state index in [4.69, 9.17) is 5.73 Å². The lowest BCUT2D eigenvalue weighted by atomic mass is 10.1. The van der Waals surface area contributed by atoms with Gasteiger partial charge in [-0.2, -0.15) is 0 Å². The number of aromatic nitrogens is 2. The van der Waals surface area contributed by atoms with Crippen LogP contribution in [-0.4, -0.2) is 35.5 Å². The normalized spacial score (nSPS) is 17.3. The van der Waals surface area contributed by atoms with Crippen LogP contribution >= 0.6 is 0 Å². The van der Waals surface area contributed by atoms with Crippen molar-refractivity contribution in [3.63, 3.8) is 0 Å². The minimum atomic E-state index is -0.432. The third-order valence-corrected chi connectivity index (χ3v) is 4.15. The van der Waals surface area contributed by atoms with E-state index in [1.54, 1.807) is 12.4 Å². The first-order valence-corrected chi connectivity index (χ1v) is 7.80. The summed E-state index contributed by atoms with van der Waals surface area (Å²) in [6.07, 6.45) is 4.31.